The monoisotopic (exact) mass is 180 g/mol. The van der Waals surface area contributed by atoms with E-state index in [0.29, 0.717) is 11.7 Å². The lowest BCUT2D eigenvalue weighted by molar-refractivity contribution is 0.269. The lowest BCUT2D eigenvalue weighted by Crippen LogP contribution is -2.18. The largest absolute Gasteiger partial charge is 0.388 e. The van der Waals surface area contributed by atoms with E-state index in [-0.39, 0.29) is 12.2 Å². The van der Waals surface area contributed by atoms with Crippen LogP contribution in [0.5, 0.6) is 0 Å². The molecule has 0 spiro atoms. The third-order valence-corrected chi connectivity index (χ3v) is 2.48. The van der Waals surface area contributed by atoms with Gasteiger partial charge in [0.1, 0.15) is 12.4 Å². The first kappa shape index (κ1) is 8.44. The summed E-state index contributed by atoms with van der Waals surface area (Å²) in [6.07, 6.45) is 3.44. The Kier molecular flexibility index (Phi) is 2.14. The Morgan fingerprint density at radius 3 is 2.92 bits per heavy atom. The van der Waals surface area contributed by atoms with Crippen LogP contribution in [0.3, 0.4) is 0 Å². The van der Waals surface area contributed by atoms with E-state index in [4.69, 9.17) is 5.11 Å². The molecule has 0 amide bonds. The third-order valence-electron chi connectivity index (χ3n) is 2.48. The quantitative estimate of drug-likeness (QED) is 0.697. The highest BCUT2D eigenvalue weighted by molar-refractivity contribution is 5.11. The number of hydrogen-bond acceptors (Lipinski definition) is 3. The molecule has 1 fully saturated rings. The highest BCUT2D eigenvalue weighted by atomic mass is 16.3. The first-order valence-electron chi connectivity index (χ1n) is 4.50. The van der Waals surface area contributed by atoms with E-state index in [1.807, 2.05) is 0 Å². The number of nitrogens with zero attached hydrogens (tertiary/aromatic N) is 1. The zero-order valence-corrected chi connectivity index (χ0v) is 7.29. The van der Waals surface area contributed by atoms with Crippen molar-refractivity contribution in [1.29, 1.82) is 0 Å². The van der Waals surface area contributed by atoms with Crippen LogP contribution in [-0.2, 0) is 6.61 Å². The maximum Gasteiger partial charge on any atom is 0.251 e. The molecule has 0 aromatic carbocycles. The SMILES string of the molecule is O=c1cc(C2CCC2)nc(CO)[nH]1. The van der Waals surface area contributed by atoms with E-state index in [1.165, 1.54) is 12.5 Å². The first-order valence-corrected chi connectivity index (χ1v) is 4.50. The molecule has 70 valence electrons. The molecular weight excluding hydrogens is 168 g/mol. The number of aromatic nitrogens is 2. The van der Waals surface area contributed by atoms with Crippen LogP contribution < -0.4 is 5.56 Å². The third kappa shape index (κ3) is 1.62. The Balaban J connectivity index is 2.34. The smallest absolute Gasteiger partial charge is 0.251 e. The van der Waals surface area contributed by atoms with Gasteiger partial charge in [-0.2, -0.15) is 0 Å². The number of rotatable bonds is 2. The molecule has 0 bridgehead atoms. The highest BCUT2D eigenvalue weighted by Gasteiger charge is 2.21. The summed E-state index contributed by atoms with van der Waals surface area (Å²) in [5.41, 5.74) is 0.667. The van der Waals surface area contributed by atoms with Crippen molar-refractivity contribution in [3.8, 4) is 0 Å². The summed E-state index contributed by atoms with van der Waals surface area (Å²) < 4.78 is 0. The van der Waals surface area contributed by atoms with Crippen LogP contribution in [0, 0.1) is 0 Å². The Hall–Kier alpha value is -1.16. The molecule has 2 rings (SSSR count). The Morgan fingerprint density at radius 1 is 1.62 bits per heavy atom. The summed E-state index contributed by atoms with van der Waals surface area (Å²) >= 11 is 0. The number of aromatic amines is 1. The predicted octanol–water partition coefficient (Wildman–Crippen LogP) is 0.530. The molecule has 1 saturated carbocycles. The molecule has 4 nitrogen and oxygen atoms in total. The van der Waals surface area contributed by atoms with Gasteiger partial charge < -0.3 is 10.1 Å². The molecule has 0 unspecified atom stereocenters. The summed E-state index contributed by atoms with van der Waals surface area (Å²) in [6.45, 7) is -0.199. The second kappa shape index (κ2) is 3.30. The lowest BCUT2D eigenvalue weighted by Gasteiger charge is -2.24. The van der Waals surface area contributed by atoms with Gasteiger partial charge in [0, 0.05) is 12.0 Å². The Morgan fingerprint density at radius 2 is 2.38 bits per heavy atom. The zero-order chi connectivity index (χ0) is 9.26. The van der Waals surface area contributed by atoms with Crippen LogP contribution in [-0.4, -0.2) is 15.1 Å². The summed E-state index contributed by atoms with van der Waals surface area (Å²) in [6, 6.07) is 1.53. The Labute approximate surface area is 75.6 Å². The second-order valence-corrected chi connectivity index (χ2v) is 3.40. The van der Waals surface area contributed by atoms with Crippen molar-refractivity contribution in [1.82, 2.24) is 9.97 Å². The standard InChI is InChI=1S/C9H12N2O2/c12-5-8-10-7(4-9(13)11-8)6-2-1-3-6/h4,6,12H,1-3,5H2,(H,10,11,13). The first-order chi connectivity index (χ1) is 6.29. The van der Waals surface area contributed by atoms with Gasteiger partial charge in [-0.15, -0.1) is 0 Å². The van der Waals surface area contributed by atoms with Gasteiger partial charge in [-0.1, -0.05) is 6.42 Å². The average molecular weight is 180 g/mol. The molecule has 4 heteroatoms. The fourth-order valence-corrected chi connectivity index (χ4v) is 1.52. The van der Waals surface area contributed by atoms with Crippen LogP contribution in [0.2, 0.25) is 0 Å². The highest BCUT2D eigenvalue weighted by Crippen LogP contribution is 2.34. The molecule has 1 aliphatic carbocycles. The van der Waals surface area contributed by atoms with Crippen molar-refractivity contribution in [3.05, 3.63) is 27.9 Å². The lowest BCUT2D eigenvalue weighted by atomic mass is 9.83. The Bertz CT molecular complexity index is 355. The molecule has 0 saturated heterocycles. The fourth-order valence-electron chi connectivity index (χ4n) is 1.52. The van der Waals surface area contributed by atoms with Gasteiger partial charge in [0.25, 0.3) is 5.56 Å². The molecule has 1 aromatic heterocycles. The maximum atomic E-state index is 11.1. The molecular formula is C9H12N2O2. The summed E-state index contributed by atoms with van der Waals surface area (Å²) in [4.78, 5) is 17.8. The van der Waals surface area contributed by atoms with Crippen molar-refractivity contribution in [2.24, 2.45) is 0 Å². The van der Waals surface area contributed by atoms with Crippen molar-refractivity contribution >= 4 is 0 Å². The normalized spacial score (nSPS) is 17.0. The van der Waals surface area contributed by atoms with Crippen LogP contribution in [0.15, 0.2) is 10.9 Å². The predicted molar refractivity (Wildman–Crippen MR) is 47.4 cm³/mol. The van der Waals surface area contributed by atoms with Gasteiger partial charge in [-0.25, -0.2) is 4.98 Å². The number of H-pyrrole nitrogens is 1. The molecule has 2 N–H and O–H groups in total. The molecule has 13 heavy (non-hydrogen) atoms. The van der Waals surface area contributed by atoms with E-state index < -0.39 is 0 Å². The molecule has 1 aromatic rings. The zero-order valence-electron chi connectivity index (χ0n) is 7.29. The average Bonchev–Trinajstić information content (AvgIpc) is 2.00. The van der Waals surface area contributed by atoms with Crippen LogP contribution in [0.4, 0.5) is 0 Å². The maximum absolute atomic E-state index is 11.1. The summed E-state index contributed by atoms with van der Waals surface area (Å²) in [7, 11) is 0. The summed E-state index contributed by atoms with van der Waals surface area (Å²) in [5, 5.41) is 8.83. The van der Waals surface area contributed by atoms with Crippen molar-refractivity contribution in [3.63, 3.8) is 0 Å². The minimum atomic E-state index is -0.199. The molecule has 0 atom stereocenters. The van der Waals surface area contributed by atoms with Gasteiger partial charge in [0.15, 0.2) is 0 Å². The minimum Gasteiger partial charge on any atom is -0.388 e. The van der Waals surface area contributed by atoms with Crippen LogP contribution in [0.1, 0.15) is 36.7 Å². The molecule has 1 aliphatic rings. The molecule has 0 aliphatic heterocycles. The van der Waals surface area contributed by atoms with E-state index in [2.05, 4.69) is 9.97 Å². The molecule has 0 radical (unpaired) electrons. The van der Waals surface area contributed by atoms with Crippen molar-refractivity contribution in [2.45, 2.75) is 31.8 Å². The van der Waals surface area contributed by atoms with E-state index in [9.17, 15) is 4.79 Å². The summed E-state index contributed by atoms with van der Waals surface area (Å²) in [5.74, 6) is 0.807. The van der Waals surface area contributed by atoms with Gasteiger partial charge in [-0.05, 0) is 12.8 Å². The minimum absolute atomic E-state index is 0.166. The fraction of sp³-hybridized carbons (Fsp3) is 0.556. The molecule has 1 heterocycles. The van der Waals surface area contributed by atoms with E-state index in [0.717, 1.165) is 18.5 Å². The van der Waals surface area contributed by atoms with E-state index >= 15 is 0 Å². The van der Waals surface area contributed by atoms with Gasteiger partial charge in [-0.3, -0.25) is 4.79 Å². The van der Waals surface area contributed by atoms with Gasteiger partial charge in [0.05, 0.1) is 5.69 Å². The van der Waals surface area contributed by atoms with Crippen molar-refractivity contribution < 1.29 is 5.11 Å². The van der Waals surface area contributed by atoms with Crippen molar-refractivity contribution in [2.75, 3.05) is 0 Å². The van der Waals surface area contributed by atoms with Gasteiger partial charge in [0.2, 0.25) is 0 Å². The number of hydrogen-bond donors (Lipinski definition) is 2. The van der Waals surface area contributed by atoms with Crippen LogP contribution >= 0.6 is 0 Å². The van der Waals surface area contributed by atoms with Crippen LogP contribution in [0.25, 0.3) is 0 Å². The van der Waals surface area contributed by atoms with Gasteiger partial charge >= 0.3 is 0 Å². The number of aliphatic hydroxyl groups excluding tert-OH is 1. The van der Waals surface area contributed by atoms with E-state index in [1.54, 1.807) is 0 Å². The number of aliphatic hydroxyl groups is 1. The second-order valence-electron chi connectivity index (χ2n) is 3.40. The number of nitrogens with one attached hydrogen (secondary N) is 1. The topological polar surface area (TPSA) is 66.0 Å².